The van der Waals surface area contributed by atoms with E-state index in [9.17, 15) is 24.9 Å². The molecule has 1 saturated heterocycles. The van der Waals surface area contributed by atoms with Gasteiger partial charge in [0, 0.05) is 6.92 Å². The summed E-state index contributed by atoms with van der Waals surface area (Å²) in [6.07, 6.45) is -5.07. The molecule has 6 N–H and O–H groups in total. The maximum absolute atomic E-state index is 12.1. The van der Waals surface area contributed by atoms with Gasteiger partial charge in [-0.15, -0.1) is 0 Å². The number of nitrogens with one attached hydrogen (secondary N) is 2. The Bertz CT molecular complexity index is 481. The summed E-state index contributed by atoms with van der Waals surface area (Å²) in [6, 6.07) is -1.07. The molecule has 170 valence electrons. The first kappa shape index (κ1) is 25.7. The van der Waals surface area contributed by atoms with Crippen LogP contribution >= 0.6 is 0 Å². The van der Waals surface area contributed by atoms with Gasteiger partial charge in [-0.1, -0.05) is 0 Å². The highest BCUT2D eigenvalue weighted by atomic mass is 16.5. The van der Waals surface area contributed by atoms with Gasteiger partial charge in [-0.05, 0) is 0 Å². The molecule has 1 aliphatic rings. The minimum atomic E-state index is -1.43. The van der Waals surface area contributed by atoms with Crippen molar-refractivity contribution in [1.82, 2.24) is 10.6 Å². The van der Waals surface area contributed by atoms with Crippen LogP contribution in [0.5, 0.6) is 0 Å². The zero-order chi connectivity index (χ0) is 21.6. The van der Waals surface area contributed by atoms with Crippen molar-refractivity contribution in [1.29, 1.82) is 0 Å². The fourth-order valence-electron chi connectivity index (χ4n) is 2.64. The third-order valence-electron chi connectivity index (χ3n) is 4.05. The molecule has 0 spiro atoms. The number of aliphatic hydroxyl groups excluding tert-OH is 4. The molecule has 1 rings (SSSR count). The van der Waals surface area contributed by atoms with Crippen molar-refractivity contribution < 1.29 is 49.0 Å². The number of amides is 2. The Balaban J connectivity index is 2.30. The predicted octanol–water partition coefficient (Wildman–Crippen LogP) is -3.52. The number of carbonyl (C=O) groups excluding carboxylic acids is 2. The first-order chi connectivity index (χ1) is 13.9. The van der Waals surface area contributed by atoms with Crippen LogP contribution < -0.4 is 10.6 Å². The number of aliphatic hydroxyl groups is 4. The second-order valence-corrected chi connectivity index (χ2v) is 6.36. The Morgan fingerprint density at radius 1 is 0.897 bits per heavy atom. The molecule has 5 atom stereocenters. The third-order valence-corrected chi connectivity index (χ3v) is 4.05. The average Bonchev–Trinajstić information content (AvgIpc) is 2.68. The molecule has 1 aliphatic heterocycles. The summed E-state index contributed by atoms with van der Waals surface area (Å²) in [5, 5.41) is 42.8. The van der Waals surface area contributed by atoms with Crippen LogP contribution in [0.4, 0.5) is 0 Å². The van der Waals surface area contributed by atoms with Crippen LogP contribution in [0.3, 0.4) is 0 Å². The van der Waals surface area contributed by atoms with Gasteiger partial charge in [-0.25, -0.2) is 0 Å². The molecule has 29 heavy (non-hydrogen) atoms. The Morgan fingerprint density at radius 2 is 1.48 bits per heavy atom. The highest BCUT2D eigenvalue weighted by molar-refractivity contribution is 5.77. The van der Waals surface area contributed by atoms with Crippen LogP contribution in [0.15, 0.2) is 0 Å². The zero-order valence-corrected chi connectivity index (χ0v) is 16.5. The van der Waals surface area contributed by atoms with Crippen LogP contribution in [0.1, 0.15) is 13.3 Å². The fourth-order valence-corrected chi connectivity index (χ4v) is 2.64. The number of ether oxygens (including phenoxy) is 4. The molecule has 0 aromatic rings. The molecule has 0 saturated carbocycles. The van der Waals surface area contributed by atoms with Crippen LogP contribution in [-0.2, 0) is 28.5 Å². The standard InChI is InChI=1S/C17H32N2O10/c1-11(22)18-14-16(25)15(24)12(10-21)29-17(14)19-13(23)2-4-26-6-8-28-9-7-27-5-3-20/h12,14-17,20-21,24-25H,2-10H2,1H3,(H,18,22)(H,19,23)/t12?,14?,15-,16?,17+/m0/s1. The molecule has 1 fully saturated rings. The van der Waals surface area contributed by atoms with E-state index in [0.29, 0.717) is 19.8 Å². The highest BCUT2D eigenvalue weighted by Gasteiger charge is 2.45. The maximum atomic E-state index is 12.1. The second-order valence-electron chi connectivity index (χ2n) is 6.36. The molecule has 0 aromatic heterocycles. The lowest BCUT2D eigenvalue weighted by Gasteiger charge is -2.42. The van der Waals surface area contributed by atoms with Crippen LogP contribution in [0.25, 0.3) is 0 Å². The summed E-state index contributed by atoms with van der Waals surface area (Å²) < 4.78 is 21.0. The lowest BCUT2D eigenvalue weighted by atomic mass is 9.96. The summed E-state index contributed by atoms with van der Waals surface area (Å²) in [6.45, 7) is 2.34. The number of rotatable bonds is 14. The van der Waals surface area contributed by atoms with Gasteiger partial charge in [0.25, 0.3) is 0 Å². The van der Waals surface area contributed by atoms with Crippen molar-refractivity contribution >= 4 is 11.8 Å². The minimum absolute atomic E-state index is 0.00525. The highest BCUT2D eigenvalue weighted by Crippen LogP contribution is 2.20. The van der Waals surface area contributed by atoms with E-state index in [1.54, 1.807) is 0 Å². The minimum Gasteiger partial charge on any atom is -0.394 e. The topological polar surface area (TPSA) is 176 Å². The Hall–Kier alpha value is -1.38. The lowest BCUT2D eigenvalue weighted by molar-refractivity contribution is -0.203. The first-order valence-corrected chi connectivity index (χ1v) is 9.43. The molecule has 0 radical (unpaired) electrons. The molecule has 12 nitrogen and oxygen atoms in total. The van der Waals surface area contributed by atoms with E-state index in [1.165, 1.54) is 6.92 Å². The Labute approximate surface area is 169 Å². The van der Waals surface area contributed by atoms with Crippen LogP contribution in [0, 0.1) is 0 Å². The molecule has 1 heterocycles. The van der Waals surface area contributed by atoms with Crippen molar-refractivity contribution in [2.75, 3.05) is 52.9 Å². The number of hydrogen-bond acceptors (Lipinski definition) is 10. The molecule has 3 unspecified atom stereocenters. The van der Waals surface area contributed by atoms with Gasteiger partial charge in [0.05, 0.1) is 59.3 Å². The summed E-state index contributed by atoms with van der Waals surface area (Å²) in [5.41, 5.74) is 0. The van der Waals surface area contributed by atoms with E-state index in [4.69, 9.17) is 24.1 Å². The molecule has 0 bridgehead atoms. The zero-order valence-electron chi connectivity index (χ0n) is 16.5. The summed E-state index contributed by atoms with van der Waals surface area (Å²) in [5.74, 6) is -0.930. The average molecular weight is 424 g/mol. The van der Waals surface area contributed by atoms with Gasteiger partial charge in [0.2, 0.25) is 11.8 Å². The fraction of sp³-hybridized carbons (Fsp3) is 0.882. The van der Waals surface area contributed by atoms with Crippen molar-refractivity contribution in [3.8, 4) is 0 Å². The number of carbonyl (C=O) groups is 2. The number of hydrogen-bond donors (Lipinski definition) is 6. The van der Waals surface area contributed by atoms with Gasteiger partial charge in [-0.3, -0.25) is 9.59 Å². The van der Waals surface area contributed by atoms with Crippen molar-refractivity contribution in [3.05, 3.63) is 0 Å². The van der Waals surface area contributed by atoms with Crippen molar-refractivity contribution in [2.45, 2.75) is 43.9 Å². The second kappa shape index (κ2) is 14.6. The van der Waals surface area contributed by atoms with E-state index >= 15 is 0 Å². The Morgan fingerprint density at radius 3 is 2.03 bits per heavy atom. The van der Waals surface area contributed by atoms with E-state index in [2.05, 4.69) is 10.6 Å². The maximum Gasteiger partial charge on any atom is 0.224 e. The largest absolute Gasteiger partial charge is 0.394 e. The van der Waals surface area contributed by atoms with Crippen molar-refractivity contribution in [3.63, 3.8) is 0 Å². The molecule has 12 heteroatoms. The normalized spacial score (nSPS) is 26.9. The molecular weight excluding hydrogens is 392 g/mol. The van der Waals surface area contributed by atoms with E-state index in [1.807, 2.05) is 0 Å². The summed E-state index contributed by atoms with van der Waals surface area (Å²) in [7, 11) is 0. The first-order valence-electron chi connectivity index (χ1n) is 9.43. The molecular formula is C17H32N2O10. The van der Waals surface area contributed by atoms with E-state index < -0.39 is 49.0 Å². The summed E-state index contributed by atoms with van der Waals surface area (Å²) in [4.78, 5) is 23.4. The van der Waals surface area contributed by atoms with Gasteiger partial charge < -0.3 is 50.0 Å². The van der Waals surface area contributed by atoms with E-state index in [0.717, 1.165) is 0 Å². The molecule has 0 aromatic carbocycles. The van der Waals surface area contributed by atoms with E-state index in [-0.39, 0.29) is 32.8 Å². The molecule has 0 aliphatic carbocycles. The van der Waals surface area contributed by atoms with Gasteiger partial charge in [0.15, 0.2) is 6.23 Å². The van der Waals surface area contributed by atoms with Gasteiger partial charge in [0.1, 0.15) is 24.4 Å². The van der Waals surface area contributed by atoms with Crippen LogP contribution in [0.2, 0.25) is 0 Å². The summed E-state index contributed by atoms with van der Waals surface area (Å²) >= 11 is 0. The van der Waals surface area contributed by atoms with Gasteiger partial charge in [-0.2, -0.15) is 0 Å². The van der Waals surface area contributed by atoms with Crippen molar-refractivity contribution in [2.24, 2.45) is 0 Å². The van der Waals surface area contributed by atoms with Gasteiger partial charge >= 0.3 is 0 Å². The smallest absolute Gasteiger partial charge is 0.224 e. The lowest BCUT2D eigenvalue weighted by Crippen LogP contribution is -2.68. The Kier molecular flexibility index (Phi) is 12.9. The van der Waals surface area contributed by atoms with Crippen LogP contribution in [-0.4, -0.2) is 116 Å². The predicted molar refractivity (Wildman–Crippen MR) is 97.7 cm³/mol. The quantitative estimate of drug-likeness (QED) is 0.153. The third kappa shape index (κ3) is 9.78. The monoisotopic (exact) mass is 424 g/mol. The molecule has 2 amide bonds. The SMILES string of the molecule is CC(=O)NC1C(O)[C@@H](O)C(CO)O[C@H]1NC(=O)CCOCCOCCOCCO.